The maximum atomic E-state index is 12.0. The Morgan fingerprint density at radius 2 is 2.10 bits per heavy atom. The van der Waals surface area contributed by atoms with Gasteiger partial charge in [0.05, 0.1) is 16.3 Å². The molecule has 5 heteroatoms. The number of anilines is 1. The molecule has 1 aromatic carbocycles. The molecule has 2 N–H and O–H groups in total. The lowest BCUT2D eigenvalue weighted by Gasteiger charge is -2.03. The van der Waals surface area contributed by atoms with Crippen molar-refractivity contribution in [2.24, 2.45) is 0 Å². The molecule has 0 aliphatic rings. The second kappa shape index (κ2) is 6.37. The van der Waals surface area contributed by atoms with Crippen molar-refractivity contribution in [3.8, 4) is 10.6 Å². The first kappa shape index (κ1) is 13.6. The predicted octanol–water partition coefficient (Wildman–Crippen LogP) is 3.71. The minimum Gasteiger partial charge on any atom is -0.325 e. The molecule has 3 aromatic rings. The van der Waals surface area contributed by atoms with E-state index in [1.165, 1.54) is 5.56 Å². The lowest BCUT2D eigenvalue weighted by Crippen LogP contribution is -2.11. The topological polar surface area (TPSA) is 57.8 Å². The highest BCUT2D eigenvalue weighted by molar-refractivity contribution is 7.14. The summed E-state index contributed by atoms with van der Waals surface area (Å²) in [7, 11) is 0. The van der Waals surface area contributed by atoms with Crippen LogP contribution in [0.15, 0.2) is 54.0 Å². The van der Waals surface area contributed by atoms with Crippen molar-refractivity contribution in [1.29, 1.82) is 0 Å². The van der Waals surface area contributed by atoms with E-state index in [0.717, 1.165) is 22.7 Å². The number of aromatic nitrogens is 2. The number of benzene rings is 1. The van der Waals surface area contributed by atoms with Crippen molar-refractivity contribution in [2.75, 3.05) is 5.32 Å². The smallest absolute Gasteiger partial charge is 0.224 e. The van der Waals surface area contributed by atoms with E-state index in [1.807, 2.05) is 47.8 Å². The number of aromatic amines is 1. The summed E-state index contributed by atoms with van der Waals surface area (Å²) in [5, 5.41) is 11.7. The van der Waals surface area contributed by atoms with E-state index in [0.29, 0.717) is 6.42 Å². The van der Waals surface area contributed by atoms with E-state index in [-0.39, 0.29) is 5.91 Å². The second-order valence-corrected chi connectivity index (χ2v) is 5.61. The van der Waals surface area contributed by atoms with Crippen LogP contribution >= 0.6 is 11.3 Å². The lowest BCUT2D eigenvalue weighted by atomic mass is 10.1. The molecule has 0 saturated heterocycles. The Morgan fingerprint density at radius 3 is 2.86 bits per heavy atom. The van der Waals surface area contributed by atoms with Gasteiger partial charge >= 0.3 is 0 Å². The number of hydrogen-bond donors (Lipinski definition) is 2. The van der Waals surface area contributed by atoms with Gasteiger partial charge in [0.15, 0.2) is 0 Å². The van der Waals surface area contributed by atoms with Gasteiger partial charge in [-0.3, -0.25) is 9.89 Å². The quantitative estimate of drug-likeness (QED) is 0.754. The highest BCUT2D eigenvalue weighted by atomic mass is 32.1. The van der Waals surface area contributed by atoms with Gasteiger partial charge < -0.3 is 5.32 Å². The average Bonchev–Trinajstić information content (AvgIpc) is 3.17. The molecule has 4 nitrogen and oxygen atoms in total. The zero-order chi connectivity index (χ0) is 14.5. The number of carbonyl (C=O) groups is 1. The van der Waals surface area contributed by atoms with Gasteiger partial charge in [-0.25, -0.2) is 0 Å². The largest absolute Gasteiger partial charge is 0.325 e. The van der Waals surface area contributed by atoms with Crippen LogP contribution in [-0.4, -0.2) is 16.1 Å². The predicted molar refractivity (Wildman–Crippen MR) is 85.3 cm³/mol. The molecule has 3 rings (SSSR count). The van der Waals surface area contributed by atoms with E-state index < -0.39 is 0 Å². The third-order valence-corrected chi connectivity index (χ3v) is 4.10. The minimum atomic E-state index is 0.0350. The molecule has 1 amide bonds. The van der Waals surface area contributed by atoms with Gasteiger partial charge in [-0.2, -0.15) is 5.10 Å². The molecular weight excluding hydrogens is 282 g/mol. The van der Waals surface area contributed by atoms with Crippen LogP contribution in [0.4, 0.5) is 5.69 Å². The van der Waals surface area contributed by atoms with Crippen LogP contribution in [0.1, 0.15) is 12.0 Å². The van der Waals surface area contributed by atoms with Gasteiger partial charge in [-0.05, 0) is 24.1 Å². The number of thiophene rings is 1. The number of aryl methyl sites for hydroxylation is 1. The molecule has 0 unspecified atom stereocenters. The van der Waals surface area contributed by atoms with Crippen molar-refractivity contribution in [1.82, 2.24) is 10.2 Å². The molecular formula is C16H15N3OS. The van der Waals surface area contributed by atoms with Crippen molar-refractivity contribution in [3.05, 3.63) is 59.6 Å². The van der Waals surface area contributed by atoms with Gasteiger partial charge in [0.1, 0.15) is 0 Å². The Kier molecular flexibility index (Phi) is 4.12. The van der Waals surface area contributed by atoms with Crippen LogP contribution in [0.25, 0.3) is 10.6 Å². The Morgan fingerprint density at radius 1 is 1.24 bits per heavy atom. The van der Waals surface area contributed by atoms with Crippen molar-refractivity contribution in [3.63, 3.8) is 0 Å². The van der Waals surface area contributed by atoms with E-state index in [4.69, 9.17) is 0 Å². The van der Waals surface area contributed by atoms with Crippen LogP contribution in [0.5, 0.6) is 0 Å². The van der Waals surface area contributed by atoms with E-state index in [1.54, 1.807) is 17.5 Å². The number of amides is 1. The summed E-state index contributed by atoms with van der Waals surface area (Å²) in [5.41, 5.74) is 2.98. The van der Waals surface area contributed by atoms with Crippen molar-refractivity contribution >= 4 is 22.9 Å². The van der Waals surface area contributed by atoms with Crippen molar-refractivity contribution < 1.29 is 4.79 Å². The Hall–Kier alpha value is -2.40. The first-order valence-electron chi connectivity index (χ1n) is 6.73. The van der Waals surface area contributed by atoms with Crippen LogP contribution in [0, 0.1) is 0 Å². The maximum Gasteiger partial charge on any atom is 0.224 e. The van der Waals surface area contributed by atoms with E-state index >= 15 is 0 Å². The number of rotatable bonds is 5. The fourth-order valence-corrected chi connectivity index (χ4v) is 2.88. The van der Waals surface area contributed by atoms with Crippen LogP contribution in [0.3, 0.4) is 0 Å². The Labute approximate surface area is 126 Å². The standard InChI is InChI=1S/C16H15N3OS/c20-16(7-6-12-4-2-1-3-5-12)18-13-10-15(21-11-13)14-8-9-17-19-14/h1-5,8-11H,6-7H2,(H,17,19)(H,18,20). The Balaban J connectivity index is 1.55. The summed E-state index contributed by atoms with van der Waals surface area (Å²) >= 11 is 1.58. The zero-order valence-electron chi connectivity index (χ0n) is 11.4. The zero-order valence-corrected chi connectivity index (χ0v) is 12.2. The summed E-state index contributed by atoms with van der Waals surface area (Å²) in [6.45, 7) is 0. The molecule has 106 valence electrons. The molecule has 2 aromatic heterocycles. The fraction of sp³-hybridized carbons (Fsp3) is 0.125. The molecule has 0 spiro atoms. The second-order valence-electron chi connectivity index (χ2n) is 4.70. The molecule has 0 bridgehead atoms. The first-order valence-corrected chi connectivity index (χ1v) is 7.61. The molecule has 2 heterocycles. The third kappa shape index (κ3) is 3.58. The highest BCUT2D eigenvalue weighted by Crippen LogP contribution is 2.28. The third-order valence-electron chi connectivity index (χ3n) is 3.13. The summed E-state index contributed by atoms with van der Waals surface area (Å²) in [6.07, 6.45) is 2.95. The number of hydrogen-bond acceptors (Lipinski definition) is 3. The van der Waals surface area contributed by atoms with Crippen LogP contribution in [0.2, 0.25) is 0 Å². The van der Waals surface area contributed by atoms with E-state index in [2.05, 4.69) is 15.5 Å². The lowest BCUT2D eigenvalue weighted by molar-refractivity contribution is -0.116. The number of nitrogens with zero attached hydrogens (tertiary/aromatic N) is 1. The monoisotopic (exact) mass is 297 g/mol. The Bertz CT molecular complexity index is 704. The molecule has 0 radical (unpaired) electrons. The highest BCUT2D eigenvalue weighted by Gasteiger charge is 2.07. The fourth-order valence-electron chi connectivity index (χ4n) is 2.06. The normalized spacial score (nSPS) is 10.5. The number of nitrogens with one attached hydrogen (secondary N) is 2. The first-order chi connectivity index (χ1) is 10.3. The molecule has 0 saturated carbocycles. The SMILES string of the molecule is O=C(CCc1ccccc1)Nc1csc(-c2ccn[nH]2)c1. The molecule has 0 fully saturated rings. The van der Waals surface area contributed by atoms with Crippen molar-refractivity contribution in [2.45, 2.75) is 12.8 Å². The van der Waals surface area contributed by atoms with Gasteiger partial charge in [-0.15, -0.1) is 11.3 Å². The van der Waals surface area contributed by atoms with Gasteiger partial charge in [0.25, 0.3) is 0 Å². The van der Waals surface area contributed by atoms with Crippen LogP contribution < -0.4 is 5.32 Å². The molecule has 0 aliphatic carbocycles. The summed E-state index contributed by atoms with van der Waals surface area (Å²) in [6, 6.07) is 13.9. The van der Waals surface area contributed by atoms with Crippen LogP contribution in [-0.2, 0) is 11.2 Å². The average molecular weight is 297 g/mol. The molecule has 0 atom stereocenters. The molecule has 0 aliphatic heterocycles. The van der Waals surface area contributed by atoms with Gasteiger partial charge in [-0.1, -0.05) is 30.3 Å². The number of H-pyrrole nitrogens is 1. The molecule has 21 heavy (non-hydrogen) atoms. The number of carbonyl (C=O) groups excluding carboxylic acids is 1. The maximum absolute atomic E-state index is 12.0. The minimum absolute atomic E-state index is 0.0350. The van der Waals surface area contributed by atoms with E-state index in [9.17, 15) is 4.79 Å². The summed E-state index contributed by atoms with van der Waals surface area (Å²) in [5.74, 6) is 0.0350. The van der Waals surface area contributed by atoms with Gasteiger partial charge in [0.2, 0.25) is 5.91 Å². The summed E-state index contributed by atoms with van der Waals surface area (Å²) in [4.78, 5) is 13.0. The summed E-state index contributed by atoms with van der Waals surface area (Å²) < 4.78 is 0. The van der Waals surface area contributed by atoms with Gasteiger partial charge in [0, 0.05) is 18.0 Å².